The molecule has 2 heteroatoms. The van der Waals surface area contributed by atoms with Crippen molar-refractivity contribution in [2.45, 2.75) is 70.8 Å². The van der Waals surface area contributed by atoms with E-state index >= 15 is 0 Å². The van der Waals surface area contributed by atoms with Gasteiger partial charge in [0.05, 0.1) is 6.10 Å². The highest BCUT2D eigenvalue weighted by Gasteiger charge is 2.28. The van der Waals surface area contributed by atoms with Crippen molar-refractivity contribution in [2.75, 3.05) is 0 Å². The molecule has 1 saturated carbocycles. The fraction of sp³-hybridized carbons (Fsp3) is 0.812. The summed E-state index contributed by atoms with van der Waals surface area (Å²) < 4.78 is 0. The van der Waals surface area contributed by atoms with Crippen molar-refractivity contribution in [1.29, 1.82) is 0 Å². The van der Waals surface area contributed by atoms with Crippen molar-refractivity contribution < 1.29 is 9.90 Å². The number of aliphatic hydroxyl groups is 1. The number of carbonyl (C=O) groups excluding carboxylic acids is 1. The van der Waals surface area contributed by atoms with Crippen molar-refractivity contribution in [3.05, 3.63) is 11.6 Å². The molecule has 2 aliphatic rings. The van der Waals surface area contributed by atoms with E-state index in [1.807, 2.05) is 6.08 Å². The molecule has 0 radical (unpaired) electrons. The minimum Gasteiger partial charge on any atom is -0.389 e. The molecule has 18 heavy (non-hydrogen) atoms. The van der Waals surface area contributed by atoms with Crippen LogP contribution in [-0.4, -0.2) is 17.0 Å². The van der Waals surface area contributed by atoms with Gasteiger partial charge in [0.15, 0.2) is 0 Å². The number of ketones is 1. The van der Waals surface area contributed by atoms with Gasteiger partial charge in [-0.05, 0) is 44.4 Å². The average Bonchev–Trinajstić information content (AvgIpc) is 2.62. The quantitative estimate of drug-likeness (QED) is 0.600. The monoisotopic (exact) mass is 250 g/mol. The predicted molar refractivity (Wildman–Crippen MR) is 73.3 cm³/mol. The van der Waals surface area contributed by atoms with E-state index in [4.69, 9.17) is 0 Å². The smallest absolute Gasteiger partial charge is 0.136 e. The third kappa shape index (κ3) is 3.68. The highest BCUT2D eigenvalue weighted by molar-refractivity contribution is 5.81. The lowest BCUT2D eigenvalue weighted by molar-refractivity contribution is -0.123. The average molecular weight is 250 g/mol. The van der Waals surface area contributed by atoms with E-state index in [1.54, 1.807) is 0 Å². The Balaban J connectivity index is 2.03. The van der Waals surface area contributed by atoms with Crippen molar-refractivity contribution in [1.82, 2.24) is 0 Å². The molecule has 102 valence electrons. The SMILES string of the molecule is C[C@@H]1CCCCC(=O)[C@H]1CC1=CC(O)CCCC1. The molecular weight excluding hydrogens is 224 g/mol. The molecule has 0 saturated heterocycles. The molecular formula is C16H26O2. The van der Waals surface area contributed by atoms with Gasteiger partial charge in [0, 0.05) is 12.3 Å². The largest absolute Gasteiger partial charge is 0.389 e. The van der Waals surface area contributed by atoms with Crippen LogP contribution in [0.1, 0.15) is 64.7 Å². The highest BCUT2D eigenvalue weighted by atomic mass is 16.3. The van der Waals surface area contributed by atoms with Crippen molar-refractivity contribution in [3.63, 3.8) is 0 Å². The second-order valence-electron chi connectivity index (χ2n) is 6.14. The van der Waals surface area contributed by atoms with Crippen LogP contribution < -0.4 is 0 Å². The lowest BCUT2D eigenvalue weighted by Gasteiger charge is -2.21. The molecule has 0 spiro atoms. The van der Waals surface area contributed by atoms with Crippen molar-refractivity contribution in [3.8, 4) is 0 Å². The van der Waals surface area contributed by atoms with Gasteiger partial charge in [-0.2, -0.15) is 0 Å². The third-order valence-corrected chi connectivity index (χ3v) is 4.59. The van der Waals surface area contributed by atoms with Gasteiger partial charge in [-0.15, -0.1) is 0 Å². The van der Waals surface area contributed by atoms with Gasteiger partial charge in [0.25, 0.3) is 0 Å². The first-order chi connectivity index (χ1) is 8.66. The van der Waals surface area contributed by atoms with E-state index in [-0.39, 0.29) is 12.0 Å². The van der Waals surface area contributed by atoms with Gasteiger partial charge in [-0.1, -0.05) is 31.4 Å². The Bertz CT molecular complexity index is 319. The summed E-state index contributed by atoms with van der Waals surface area (Å²) in [6.45, 7) is 2.22. The molecule has 1 N–H and O–H groups in total. The molecule has 0 aromatic rings. The van der Waals surface area contributed by atoms with Gasteiger partial charge >= 0.3 is 0 Å². The molecule has 1 unspecified atom stereocenters. The van der Waals surface area contributed by atoms with Gasteiger partial charge < -0.3 is 5.11 Å². The summed E-state index contributed by atoms with van der Waals surface area (Å²) in [6.07, 6.45) is 11.1. The molecule has 0 aromatic heterocycles. The summed E-state index contributed by atoms with van der Waals surface area (Å²) in [7, 11) is 0. The molecule has 2 aliphatic carbocycles. The Morgan fingerprint density at radius 1 is 1.17 bits per heavy atom. The highest BCUT2D eigenvalue weighted by Crippen LogP contribution is 2.33. The van der Waals surface area contributed by atoms with Gasteiger partial charge in [0.1, 0.15) is 5.78 Å². The Morgan fingerprint density at radius 2 is 1.89 bits per heavy atom. The lowest BCUT2D eigenvalue weighted by Crippen LogP contribution is -2.20. The number of hydrogen-bond donors (Lipinski definition) is 1. The number of Topliss-reactive ketones (excluding diaryl/α,β-unsaturated/α-hetero) is 1. The fourth-order valence-electron chi connectivity index (χ4n) is 3.38. The summed E-state index contributed by atoms with van der Waals surface area (Å²) in [5.74, 6) is 1.19. The predicted octanol–water partition coefficient (Wildman–Crippen LogP) is 3.63. The molecule has 3 atom stereocenters. The van der Waals surface area contributed by atoms with E-state index in [0.29, 0.717) is 11.7 Å². The van der Waals surface area contributed by atoms with Gasteiger partial charge in [-0.3, -0.25) is 4.79 Å². The van der Waals surface area contributed by atoms with E-state index < -0.39 is 0 Å². The van der Waals surface area contributed by atoms with E-state index in [9.17, 15) is 9.90 Å². The number of carbonyl (C=O) groups is 1. The standard InChI is InChI=1S/C16H26O2/c1-12-6-2-5-9-16(18)15(12)11-13-7-3-4-8-14(17)10-13/h10,12,14-15,17H,2-9,11H2,1H3/t12-,14?,15+/m1/s1. The van der Waals surface area contributed by atoms with E-state index in [1.165, 1.54) is 18.4 Å². The van der Waals surface area contributed by atoms with Crippen LogP contribution in [0.2, 0.25) is 0 Å². The summed E-state index contributed by atoms with van der Waals surface area (Å²) in [6, 6.07) is 0. The van der Waals surface area contributed by atoms with Crippen LogP contribution in [0.5, 0.6) is 0 Å². The fourth-order valence-corrected chi connectivity index (χ4v) is 3.38. The summed E-state index contributed by atoms with van der Waals surface area (Å²) in [5, 5.41) is 9.82. The number of hydrogen-bond acceptors (Lipinski definition) is 2. The van der Waals surface area contributed by atoms with Gasteiger partial charge in [-0.25, -0.2) is 0 Å². The number of aliphatic hydroxyl groups excluding tert-OH is 1. The Hall–Kier alpha value is -0.630. The van der Waals surface area contributed by atoms with Crippen molar-refractivity contribution >= 4 is 5.78 Å². The Morgan fingerprint density at radius 3 is 2.72 bits per heavy atom. The van der Waals surface area contributed by atoms with Crippen LogP contribution in [0.25, 0.3) is 0 Å². The molecule has 0 heterocycles. The maximum absolute atomic E-state index is 12.2. The molecule has 0 aliphatic heterocycles. The maximum atomic E-state index is 12.2. The zero-order valence-electron chi connectivity index (χ0n) is 11.5. The second-order valence-corrected chi connectivity index (χ2v) is 6.14. The first-order valence-corrected chi connectivity index (χ1v) is 7.57. The molecule has 1 fully saturated rings. The normalized spacial score (nSPS) is 34.7. The molecule has 0 amide bonds. The Kier molecular flexibility index (Phi) is 4.99. The molecule has 0 aromatic carbocycles. The summed E-state index contributed by atoms with van der Waals surface area (Å²) >= 11 is 0. The lowest BCUT2D eigenvalue weighted by atomic mass is 9.82. The van der Waals surface area contributed by atoms with Crippen LogP contribution in [0, 0.1) is 11.8 Å². The van der Waals surface area contributed by atoms with Crippen LogP contribution >= 0.6 is 0 Å². The van der Waals surface area contributed by atoms with Gasteiger partial charge in [0.2, 0.25) is 0 Å². The van der Waals surface area contributed by atoms with E-state index in [2.05, 4.69) is 6.92 Å². The summed E-state index contributed by atoms with van der Waals surface area (Å²) in [4.78, 5) is 12.2. The van der Waals surface area contributed by atoms with Crippen LogP contribution in [0.3, 0.4) is 0 Å². The topological polar surface area (TPSA) is 37.3 Å². The zero-order valence-corrected chi connectivity index (χ0v) is 11.5. The summed E-state index contributed by atoms with van der Waals surface area (Å²) in [5.41, 5.74) is 1.33. The number of allylic oxidation sites excluding steroid dienone is 1. The second kappa shape index (κ2) is 6.51. The maximum Gasteiger partial charge on any atom is 0.136 e. The van der Waals surface area contributed by atoms with Crippen LogP contribution in [0.4, 0.5) is 0 Å². The first-order valence-electron chi connectivity index (χ1n) is 7.57. The van der Waals surface area contributed by atoms with Crippen LogP contribution in [0.15, 0.2) is 11.6 Å². The molecule has 2 nitrogen and oxygen atoms in total. The van der Waals surface area contributed by atoms with E-state index in [0.717, 1.165) is 44.9 Å². The minimum atomic E-state index is -0.279. The van der Waals surface area contributed by atoms with Crippen molar-refractivity contribution in [2.24, 2.45) is 11.8 Å². The van der Waals surface area contributed by atoms with Crippen LogP contribution in [-0.2, 0) is 4.79 Å². The number of rotatable bonds is 2. The molecule has 2 rings (SSSR count). The minimum absolute atomic E-state index is 0.212. The molecule has 0 bridgehead atoms. The third-order valence-electron chi connectivity index (χ3n) is 4.59. The Labute approximate surface area is 110 Å². The zero-order chi connectivity index (χ0) is 13.0. The first kappa shape index (κ1) is 13.8.